The van der Waals surface area contributed by atoms with Crippen molar-refractivity contribution in [3.8, 4) is 0 Å². The lowest BCUT2D eigenvalue weighted by atomic mass is 10.3. The van der Waals surface area contributed by atoms with Crippen molar-refractivity contribution < 1.29 is 0 Å². The van der Waals surface area contributed by atoms with E-state index in [1.807, 2.05) is 32.0 Å². The number of benzene rings is 1. The van der Waals surface area contributed by atoms with Crippen molar-refractivity contribution in [1.82, 2.24) is 19.5 Å². The lowest BCUT2D eigenvalue weighted by Crippen LogP contribution is -2.04. The summed E-state index contributed by atoms with van der Waals surface area (Å²) in [5.41, 5.74) is 10.3. The smallest absolute Gasteiger partial charge is 0.107 e. The van der Waals surface area contributed by atoms with Crippen LogP contribution < -0.4 is 5.73 Å². The molecule has 0 saturated heterocycles. The highest BCUT2D eigenvalue weighted by atomic mass is 15.1. The van der Waals surface area contributed by atoms with Crippen LogP contribution in [-0.4, -0.2) is 19.5 Å². The van der Waals surface area contributed by atoms with Crippen LogP contribution in [0.25, 0.3) is 11.0 Å². The number of hydrogen-bond acceptors (Lipinski definition) is 4. The molecule has 3 aromatic rings. The van der Waals surface area contributed by atoms with Crippen LogP contribution in [-0.2, 0) is 6.54 Å². The van der Waals surface area contributed by atoms with E-state index in [2.05, 4.69) is 19.5 Å². The van der Waals surface area contributed by atoms with Gasteiger partial charge >= 0.3 is 0 Å². The summed E-state index contributed by atoms with van der Waals surface area (Å²) in [6.07, 6.45) is 3.58. The molecule has 5 heteroatoms. The zero-order valence-corrected chi connectivity index (χ0v) is 11.0. The Bertz CT molecular complexity index is 727. The molecule has 0 bridgehead atoms. The van der Waals surface area contributed by atoms with Crippen molar-refractivity contribution in [3.63, 3.8) is 0 Å². The Morgan fingerprint density at radius 1 is 1.16 bits per heavy atom. The third-order valence-corrected chi connectivity index (χ3v) is 3.12. The molecule has 0 saturated carbocycles. The van der Waals surface area contributed by atoms with Gasteiger partial charge in [0.1, 0.15) is 5.82 Å². The second-order valence-corrected chi connectivity index (χ2v) is 4.64. The number of aromatic nitrogens is 4. The van der Waals surface area contributed by atoms with Gasteiger partial charge in [0.05, 0.1) is 35.2 Å². The third kappa shape index (κ3) is 2.14. The molecule has 3 rings (SSSR count). The zero-order valence-electron chi connectivity index (χ0n) is 11.0. The first-order chi connectivity index (χ1) is 9.13. The second kappa shape index (κ2) is 4.35. The van der Waals surface area contributed by atoms with Crippen molar-refractivity contribution in [2.24, 2.45) is 0 Å². The van der Waals surface area contributed by atoms with Crippen LogP contribution in [0, 0.1) is 13.8 Å². The molecular weight excluding hydrogens is 238 g/mol. The van der Waals surface area contributed by atoms with Gasteiger partial charge in [-0.25, -0.2) is 4.98 Å². The van der Waals surface area contributed by atoms with Gasteiger partial charge in [-0.1, -0.05) is 0 Å². The van der Waals surface area contributed by atoms with Gasteiger partial charge in [-0.3, -0.25) is 9.97 Å². The van der Waals surface area contributed by atoms with Crippen LogP contribution >= 0.6 is 0 Å². The predicted molar refractivity (Wildman–Crippen MR) is 74.8 cm³/mol. The summed E-state index contributed by atoms with van der Waals surface area (Å²) in [7, 11) is 0. The van der Waals surface area contributed by atoms with Gasteiger partial charge in [-0.05, 0) is 32.0 Å². The third-order valence-electron chi connectivity index (χ3n) is 3.12. The fourth-order valence-electron chi connectivity index (χ4n) is 2.13. The van der Waals surface area contributed by atoms with E-state index in [0.29, 0.717) is 6.54 Å². The van der Waals surface area contributed by atoms with Crippen molar-refractivity contribution >= 4 is 16.7 Å². The second-order valence-electron chi connectivity index (χ2n) is 4.64. The Kier molecular flexibility index (Phi) is 2.67. The Hall–Kier alpha value is -2.43. The highest BCUT2D eigenvalue weighted by Gasteiger charge is 2.08. The van der Waals surface area contributed by atoms with Crippen molar-refractivity contribution in [2.45, 2.75) is 20.4 Å². The number of nitrogens with two attached hydrogens (primary N) is 1. The standard InChI is InChI=1S/C14H15N5/c1-9-6-17-12(7-16-9)8-19-10(2)18-13-5-11(15)3-4-14(13)19/h3-7H,8,15H2,1-2H3. The number of nitrogens with zero attached hydrogens (tertiary/aromatic N) is 4. The molecule has 1 aromatic carbocycles. The van der Waals surface area contributed by atoms with E-state index in [0.717, 1.165) is 33.9 Å². The number of nitrogen functional groups attached to an aromatic ring is 1. The van der Waals surface area contributed by atoms with Gasteiger partial charge in [-0.2, -0.15) is 0 Å². The number of anilines is 1. The van der Waals surface area contributed by atoms with Gasteiger partial charge in [0.25, 0.3) is 0 Å². The first-order valence-corrected chi connectivity index (χ1v) is 6.13. The Morgan fingerprint density at radius 2 is 2.00 bits per heavy atom. The molecule has 0 radical (unpaired) electrons. The molecule has 2 heterocycles. The molecule has 0 amide bonds. The van der Waals surface area contributed by atoms with Crippen molar-refractivity contribution in [3.05, 3.63) is 47.8 Å². The first-order valence-electron chi connectivity index (χ1n) is 6.13. The lowest BCUT2D eigenvalue weighted by Gasteiger charge is -2.06. The van der Waals surface area contributed by atoms with E-state index in [9.17, 15) is 0 Å². The molecule has 2 aromatic heterocycles. The maximum absolute atomic E-state index is 5.78. The molecule has 5 nitrogen and oxygen atoms in total. The summed E-state index contributed by atoms with van der Waals surface area (Å²) in [4.78, 5) is 13.2. The topological polar surface area (TPSA) is 69.6 Å². The Labute approximate surface area is 111 Å². The van der Waals surface area contributed by atoms with Gasteiger partial charge < -0.3 is 10.3 Å². The largest absolute Gasteiger partial charge is 0.399 e. The minimum Gasteiger partial charge on any atom is -0.399 e. The average Bonchev–Trinajstić information content (AvgIpc) is 2.68. The molecule has 0 aliphatic rings. The first kappa shape index (κ1) is 11.6. The van der Waals surface area contributed by atoms with E-state index in [1.165, 1.54) is 0 Å². The van der Waals surface area contributed by atoms with Crippen LogP contribution in [0.3, 0.4) is 0 Å². The highest BCUT2D eigenvalue weighted by Crippen LogP contribution is 2.19. The monoisotopic (exact) mass is 253 g/mol. The molecule has 0 fully saturated rings. The number of hydrogen-bond donors (Lipinski definition) is 1. The maximum Gasteiger partial charge on any atom is 0.107 e. The molecule has 0 aliphatic heterocycles. The molecule has 0 unspecified atom stereocenters. The van der Waals surface area contributed by atoms with Gasteiger partial charge in [0.15, 0.2) is 0 Å². The SMILES string of the molecule is Cc1cnc(Cn2c(C)nc3cc(N)ccc32)cn1. The Morgan fingerprint density at radius 3 is 2.74 bits per heavy atom. The van der Waals surface area contributed by atoms with E-state index >= 15 is 0 Å². The van der Waals surface area contributed by atoms with E-state index in [1.54, 1.807) is 12.4 Å². The predicted octanol–water partition coefficient (Wildman–Crippen LogP) is 2.07. The minimum atomic E-state index is 0.666. The van der Waals surface area contributed by atoms with Crippen molar-refractivity contribution in [1.29, 1.82) is 0 Å². The molecule has 0 atom stereocenters. The van der Waals surface area contributed by atoms with Gasteiger partial charge in [0.2, 0.25) is 0 Å². The molecule has 2 N–H and O–H groups in total. The highest BCUT2D eigenvalue weighted by molar-refractivity contribution is 5.79. The summed E-state index contributed by atoms with van der Waals surface area (Å²) >= 11 is 0. The molecule has 0 spiro atoms. The fourth-order valence-corrected chi connectivity index (χ4v) is 2.13. The summed E-state index contributed by atoms with van der Waals surface area (Å²) < 4.78 is 2.12. The van der Waals surface area contributed by atoms with Crippen LogP contribution in [0.4, 0.5) is 5.69 Å². The molecule has 0 aliphatic carbocycles. The number of fused-ring (bicyclic) bond motifs is 1. The number of aryl methyl sites for hydroxylation is 2. The average molecular weight is 253 g/mol. The van der Waals surface area contributed by atoms with E-state index in [4.69, 9.17) is 5.73 Å². The van der Waals surface area contributed by atoms with Gasteiger partial charge in [0, 0.05) is 11.9 Å². The Balaban J connectivity index is 2.05. The number of imidazole rings is 1. The lowest BCUT2D eigenvalue weighted by molar-refractivity contribution is 0.757. The molecular formula is C14H15N5. The zero-order chi connectivity index (χ0) is 13.4. The van der Waals surface area contributed by atoms with Crippen molar-refractivity contribution in [2.75, 3.05) is 5.73 Å². The summed E-state index contributed by atoms with van der Waals surface area (Å²) in [6.45, 7) is 4.58. The molecule has 96 valence electrons. The fraction of sp³-hybridized carbons (Fsp3) is 0.214. The summed E-state index contributed by atoms with van der Waals surface area (Å²) in [5.74, 6) is 0.947. The van der Waals surface area contributed by atoms with Crippen LogP contribution in [0.2, 0.25) is 0 Å². The normalized spacial score (nSPS) is 11.1. The minimum absolute atomic E-state index is 0.666. The number of rotatable bonds is 2. The van der Waals surface area contributed by atoms with Crippen LogP contribution in [0.15, 0.2) is 30.6 Å². The quantitative estimate of drug-likeness (QED) is 0.710. The van der Waals surface area contributed by atoms with Gasteiger partial charge in [-0.15, -0.1) is 0 Å². The maximum atomic E-state index is 5.78. The summed E-state index contributed by atoms with van der Waals surface area (Å²) in [6, 6.07) is 5.77. The molecule has 19 heavy (non-hydrogen) atoms. The van der Waals surface area contributed by atoms with Crippen LogP contribution in [0.1, 0.15) is 17.2 Å². The van der Waals surface area contributed by atoms with Crippen LogP contribution in [0.5, 0.6) is 0 Å². The van der Waals surface area contributed by atoms with E-state index < -0.39 is 0 Å². The van der Waals surface area contributed by atoms with E-state index in [-0.39, 0.29) is 0 Å². The summed E-state index contributed by atoms with van der Waals surface area (Å²) in [5, 5.41) is 0.